The fourth-order valence-electron chi connectivity index (χ4n) is 3.17. The SMILES string of the molecule is CCC1CCC(C(C)(O)c2ccc(O)cc2)CC1. The average molecular weight is 248 g/mol. The van der Waals surface area contributed by atoms with Gasteiger partial charge in [0.1, 0.15) is 5.75 Å². The monoisotopic (exact) mass is 248 g/mol. The minimum Gasteiger partial charge on any atom is -0.508 e. The number of hydrogen-bond acceptors (Lipinski definition) is 2. The van der Waals surface area contributed by atoms with Crippen LogP contribution in [0.2, 0.25) is 0 Å². The number of aromatic hydroxyl groups is 1. The van der Waals surface area contributed by atoms with Crippen LogP contribution in [0, 0.1) is 11.8 Å². The predicted octanol–water partition coefficient (Wildman–Crippen LogP) is 3.82. The molecule has 1 aliphatic carbocycles. The third-order valence-corrected chi connectivity index (χ3v) is 4.67. The number of phenols is 1. The Morgan fingerprint density at radius 1 is 1.11 bits per heavy atom. The van der Waals surface area contributed by atoms with Gasteiger partial charge >= 0.3 is 0 Å². The summed E-state index contributed by atoms with van der Waals surface area (Å²) in [6.07, 6.45) is 5.93. The van der Waals surface area contributed by atoms with Crippen LogP contribution in [0.4, 0.5) is 0 Å². The molecule has 2 nitrogen and oxygen atoms in total. The Balaban J connectivity index is 2.09. The van der Waals surface area contributed by atoms with Gasteiger partial charge in [0, 0.05) is 0 Å². The Kier molecular flexibility index (Phi) is 3.96. The van der Waals surface area contributed by atoms with Crippen LogP contribution in [0.3, 0.4) is 0 Å². The molecule has 2 rings (SSSR count). The molecule has 0 amide bonds. The highest BCUT2D eigenvalue weighted by Gasteiger charge is 2.35. The van der Waals surface area contributed by atoms with E-state index in [4.69, 9.17) is 0 Å². The Hall–Kier alpha value is -1.02. The van der Waals surface area contributed by atoms with E-state index >= 15 is 0 Å². The summed E-state index contributed by atoms with van der Waals surface area (Å²) in [5, 5.41) is 20.1. The zero-order valence-corrected chi connectivity index (χ0v) is 11.4. The number of rotatable bonds is 3. The van der Waals surface area contributed by atoms with Gasteiger partial charge in [-0.15, -0.1) is 0 Å². The summed E-state index contributed by atoms with van der Waals surface area (Å²) in [5.74, 6) is 1.44. The molecular formula is C16H24O2. The van der Waals surface area contributed by atoms with Crippen LogP contribution in [-0.2, 0) is 5.60 Å². The first-order valence-electron chi connectivity index (χ1n) is 7.06. The van der Waals surface area contributed by atoms with E-state index in [1.807, 2.05) is 19.1 Å². The fourth-order valence-corrected chi connectivity index (χ4v) is 3.17. The fraction of sp³-hybridized carbons (Fsp3) is 0.625. The van der Waals surface area contributed by atoms with Crippen molar-refractivity contribution in [3.8, 4) is 5.75 Å². The Bertz CT molecular complexity index is 373. The van der Waals surface area contributed by atoms with Gasteiger partial charge < -0.3 is 10.2 Å². The van der Waals surface area contributed by atoms with E-state index in [9.17, 15) is 10.2 Å². The maximum atomic E-state index is 10.8. The van der Waals surface area contributed by atoms with Crippen molar-refractivity contribution in [1.29, 1.82) is 0 Å². The van der Waals surface area contributed by atoms with E-state index in [0.29, 0.717) is 5.92 Å². The summed E-state index contributed by atoms with van der Waals surface area (Å²) in [7, 11) is 0. The van der Waals surface area contributed by atoms with Crippen molar-refractivity contribution >= 4 is 0 Å². The lowest BCUT2D eigenvalue weighted by Gasteiger charge is -2.38. The molecule has 0 radical (unpaired) electrons. The maximum Gasteiger partial charge on any atom is 0.115 e. The quantitative estimate of drug-likeness (QED) is 0.853. The number of aliphatic hydroxyl groups is 1. The summed E-state index contributed by atoms with van der Waals surface area (Å²) in [6.45, 7) is 4.17. The summed E-state index contributed by atoms with van der Waals surface area (Å²) in [6, 6.07) is 6.98. The third-order valence-electron chi connectivity index (χ3n) is 4.67. The molecule has 0 heterocycles. The molecule has 1 aliphatic rings. The summed E-state index contributed by atoms with van der Waals surface area (Å²) >= 11 is 0. The second-order valence-electron chi connectivity index (χ2n) is 5.82. The maximum absolute atomic E-state index is 10.8. The zero-order valence-electron chi connectivity index (χ0n) is 11.4. The molecule has 1 atom stereocenters. The molecule has 2 heteroatoms. The lowest BCUT2D eigenvalue weighted by atomic mass is 9.71. The van der Waals surface area contributed by atoms with Crippen LogP contribution in [0.15, 0.2) is 24.3 Å². The summed E-state index contributed by atoms with van der Waals surface area (Å²) in [4.78, 5) is 0. The molecule has 0 aliphatic heterocycles. The van der Waals surface area contributed by atoms with Crippen molar-refractivity contribution in [2.24, 2.45) is 11.8 Å². The second kappa shape index (κ2) is 5.31. The number of phenolic OH excluding ortho intramolecular Hbond substituents is 1. The first-order chi connectivity index (χ1) is 8.54. The molecule has 18 heavy (non-hydrogen) atoms. The van der Waals surface area contributed by atoms with Crippen LogP contribution in [0.1, 0.15) is 51.5 Å². The largest absolute Gasteiger partial charge is 0.508 e. The van der Waals surface area contributed by atoms with Gasteiger partial charge in [-0.25, -0.2) is 0 Å². The van der Waals surface area contributed by atoms with Crippen molar-refractivity contribution in [1.82, 2.24) is 0 Å². The minimum absolute atomic E-state index is 0.254. The Morgan fingerprint density at radius 2 is 1.67 bits per heavy atom. The van der Waals surface area contributed by atoms with E-state index in [2.05, 4.69) is 6.92 Å². The molecule has 0 aromatic heterocycles. The van der Waals surface area contributed by atoms with Gasteiger partial charge in [-0.3, -0.25) is 0 Å². The average Bonchev–Trinajstić information content (AvgIpc) is 2.39. The Labute approximate surface area is 110 Å². The number of benzene rings is 1. The van der Waals surface area contributed by atoms with Gasteiger partial charge in [-0.2, -0.15) is 0 Å². The molecule has 1 aromatic rings. The molecule has 0 saturated heterocycles. The molecule has 2 N–H and O–H groups in total. The first kappa shape index (κ1) is 13.4. The van der Waals surface area contributed by atoms with Gasteiger partial charge in [-0.05, 0) is 49.3 Å². The summed E-state index contributed by atoms with van der Waals surface area (Å²) < 4.78 is 0. The molecule has 1 saturated carbocycles. The number of hydrogen-bond donors (Lipinski definition) is 2. The van der Waals surface area contributed by atoms with Gasteiger partial charge in [0.15, 0.2) is 0 Å². The molecule has 100 valence electrons. The van der Waals surface area contributed by atoms with Crippen molar-refractivity contribution in [3.05, 3.63) is 29.8 Å². The van der Waals surface area contributed by atoms with Crippen LogP contribution in [0.5, 0.6) is 5.75 Å². The first-order valence-corrected chi connectivity index (χ1v) is 7.06. The smallest absolute Gasteiger partial charge is 0.115 e. The molecule has 0 bridgehead atoms. The van der Waals surface area contributed by atoms with Gasteiger partial charge in [0.2, 0.25) is 0 Å². The minimum atomic E-state index is -0.771. The Morgan fingerprint density at radius 3 is 2.17 bits per heavy atom. The van der Waals surface area contributed by atoms with Gasteiger partial charge in [-0.1, -0.05) is 38.3 Å². The van der Waals surface area contributed by atoms with E-state index in [-0.39, 0.29) is 5.75 Å². The van der Waals surface area contributed by atoms with Gasteiger partial charge in [0.05, 0.1) is 5.60 Å². The van der Waals surface area contributed by atoms with Crippen LogP contribution >= 0.6 is 0 Å². The predicted molar refractivity (Wildman–Crippen MR) is 73.4 cm³/mol. The van der Waals surface area contributed by atoms with Crippen LogP contribution in [-0.4, -0.2) is 10.2 Å². The highest BCUT2D eigenvalue weighted by Crippen LogP contribution is 2.41. The highest BCUT2D eigenvalue weighted by molar-refractivity contribution is 5.30. The standard InChI is InChI=1S/C16H24O2/c1-3-12-4-6-13(7-5-12)16(2,18)14-8-10-15(17)11-9-14/h8-13,17-18H,3-7H2,1-2H3. The topological polar surface area (TPSA) is 40.5 Å². The zero-order chi connectivity index (χ0) is 13.2. The van der Waals surface area contributed by atoms with Crippen molar-refractivity contribution < 1.29 is 10.2 Å². The van der Waals surface area contributed by atoms with E-state index in [0.717, 1.165) is 24.3 Å². The van der Waals surface area contributed by atoms with Crippen LogP contribution in [0.25, 0.3) is 0 Å². The molecule has 1 unspecified atom stereocenters. The van der Waals surface area contributed by atoms with Crippen molar-refractivity contribution in [2.75, 3.05) is 0 Å². The highest BCUT2D eigenvalue weighted by atomic mass is 16.3. The normalized spacial score (nSPS) is 27.7. The molecule has 0 spiro atoms. The van der Waals surface area contributed by atoms with Crippen LogP contribution < -0.4 is 0 Å². The molecular weight excluding hydrogens is 224 g/mol. The lowest BCUT2D eigenvalue weighted by Crippen LogP contribution is -2.34. The molecule has 1 fully saturated rings. The van der Waals surface area contributed by atoms with E-state index in [1.165, 1.54) is 19.3 Å². The van der Waals surface area contributed by atoms with E-state index < -0.39 is 5.60 Å². The second-order valence-corrected chi connectivity index (χ2v) is 5.82. The van der Waals surface area contributed by atoms with E-state index in [1.54, 1.807) is 12.1 Å². The summed E-state index contributed by atoms with van der Waals surface area (Å²) in [5.41, 5.74) is 0.145. The third kappa shape index (κ3) is 2.69. The van der Waals surface area contributed by atoms with Crippen molar-refractivity contribution in [3.63, 3.8) is 0 Å². The molecule has 1 aromatic carbocycles. The van der Waals surface area contributed by atoms with Crippen molar-refractivity contribution in [2.45, 2.75) is 51.6 Å². The lowest BCUT2D eigenvalue weighted by molar-refractivity contribution is -0.0276. The van der Waals surface area contributed by atoms with Gasteiger partial charge in [0.25, 0.3) is 0 Å².